The van der Waals surface area contributed by atoms with Crippen molar-refractivity contribution in [2.75, 3.05) is 0 Å². The molecule has 1 nitrogen and oxygen atoms in total. The van der Waals surface area contributed by atoms with Gasteiger partial charge >= 0.3 is 0 Å². The van der Waals surface area contributed by atoms with Gasteiger partial charge in [-0.05, 0) is 112 Å². The molecule has 0 bridgehead atoms. The van der Waals surface area contributed by atoms with E-state index in [1.54, 1.807) is 0 Å². The molecule has 0 saturated carbocycles. The van der Waals surface area contributed by atoms with Gasteiger partial charge in [-0.1, -0.05) is 151 Å². The Morgan fingerprint density at radius 3 is 1.57 bits per heavy atom. The minimum Gasteiger partial charge on any atom is -0.455 e. The third-order valence-corrected chi connectivity index (χ3v) is 8.56. The Morgan fingerprint density at radius 2 is 0.863 bits per heavy atom. The number of hydrogen-bond acceptors (Lipinski definition) is 1. The molecule has 0 aliphatic carbocycles. The highest BCUT2D eigenvalue weighted by Gasteiger charge is 2.19. The van der Waals surface area contributed by atoms with Crippen molar-refractivity contribution in [3.8, 4) is 33.4 Å². The van der Waals surface area contributed by atoms with E-state index in [1.807, 2.05) is 0 Å². The van der Waals surface area contributed by atoms with Gasteiger partial charge < -0.3 is 4.42 Å². The first-order valence-corrected chi connectivity index (χ1v) is 15.2. The summed E-state index contributed by atoms with van der Waals surface area (Å²) in [5, 5.41) is -7.68. The molecule has 51 heavy (non-hydrogen) atoms. The largest absolute Gasteiger partial charge is 0.455 e. The van der Waals surface area contributed by atoms with Crippen molar-refractivity contribution in [2.45, 2.75) is 0 Å². The Hall–Kier alpha value is -6.70. The van der Waals surface area contributed by atoms with E-state index in [2.05, 4.69) is 0 Å². The van der Waals surface area contributed by atoms with E-state index in [0.717, 1.165) is 0 Å². The lowest BCUT2D eigenvalue weighted by Crippen LogP contribution is -1.91. The second kappa shape index (κ2) is 10.9. The van der Waals surface area contributed by atoms with Gasteiger partial charge in [0.05, 0.1) is 41.1 Å². The number of benzene rings is 10. The van der Waals surface area contributed by atoms with Crippen LogP contribution in [0.2, 0.25) is 0 Å². The quantitative estimate of drug-likeness (QED) is 0.134. The maximum Gasteiger partial charge on any atom is 0.143 e. The van der Waals surface area contributed by atoms with E-state index < -0.39 is 290 Å². The van der Waals surface area contributed by atoms with Crippen LogP contribution in [-0.2, 0) is 0 Å². The molecule has 10 aromatic carbocycles. The van der Waals surface area contributed by atoms with Crippen LogP contribution in [0.5, 0.6) is 0 Å². The molecule has 11 rings (SSSR count). The average molecular weight is 677 g/mol. The summed E-state index contributed by atoms with van der Waals surface area (Å²) < 4.78 is 279. The SMILES string of the molecule is [2H]c1c([2H])c(-c2c3c([2H])c([2H])c([2H])c([2H])c3c(-c3c([2H])c([2H])c4oc5c6c([2H])c([2H])c([2H])c([2H])c6c([2H])c([2H])c5c4c3[2H])c3c([2H])c([2H])c([2H])c([2H])c23)c([2H])c(-c2c([2H])c3c([2H])c([2H])c([2H])c([2H])c3c3c([2H])c([2H])c([2H])c([2H])c23)c1[2H]. The fourth-order valence-corrected chi connectivity index (χ4v) is 6.41. The van der Waals surface area contributed by atoms with Gasteiger partial charge in [-0.25, -0.2) is 0 Å². The minimum absolute atomic E-state index is 0.438. The Balaban J connectivity index is 1.41. The van der Waals surface area contributed by atoms with Crippen LogP contribution in [0.4, 0.5) is 0 Å². The smallest absolute Gasteiger partial charge is 0.143 e. The molecule has 11 aromatic rings. The van der Waals surface area contributed by atoms with Crippen LogP contribution in [0.1, 0.15) is 41.1 Å². The van der Waals surface area contributed by atoms with Crippen molar-refractivity contribution < 1.29 is 45.5 Å². The summed E-state index contributed by atoms with van der Waals surface area (Å²) in [6.07, 6.45) is 0. The first-order chi connectivity index (χ1) is 37.8. The highest BCUT2D eigenvalue weighted by Crippen LogP contribution is 2.46. The molecular weight excluding hydrogens is 617 g/mol. The summed E-state index contributed by atoms with van der Waals surface area (Å²) in [5.41, 5.74) is -6.22. The molecule has 0 spiro atoms. The fourth-order valence-electron chi connectivity index (χ4n) is 6.41. The van der Waals surface area contributed by atoms with Gasteiger partial charge in [-0.2, -0.15) is 0 Å². The molecule has 0 unspecified atom stereocenters. The highest BCUT2D eigenvalue weighted by atomic mass is 16.3. The monoisotopic (exact) mass is 676 g/mol. The molecule has 1 aromatic heterocycles. The lowest BCUT2D eigenvalue weighted by Gasteiger charge is -2.18. The van der Waals surface area contributed by atoms with Crippen LogP contribution in [0.15, 0.2) is 186 Å². The first kappa shape index (κ1) is 11.7. The average Bonchev–Trinajstić information content (AvgIpc) is 2.25. The summed E-state index contributed by atoms with van der Waals surface area (Å²) in [7, 11) is 0. The van der Waals surface area contributed by atoms with E-state index >= 15 is 0 Å². The minimum atomic E-state index is -1.14. The molecule has 236 valence electrons. The van der Waals surface area contributed by atoms with E-state index in [9.17, 15) is 16.4 Å². The standard InChI is InChI=1S/C50H30O/c1-4-17-37-31(12-1)24-26-44-46-30-35(25-27-47(46)51-50(37)44)49-42-22-9-7-20-40(42)48(41-21-8-10-23-43(41)49)34-15-11-14-32(28-34)45-29-33-13-2-3-16-36(33)38-18-5-6-19-39(38)45/h1-30H/i1D,2D,3D,4D,5D,6D,7D,8D,9D,10D,11D,12D,13D,14D,15D,16D,17D,18D,19D,20D,21D,22D,23D,24D,25D,26D,27D,28D,29D,30D. The second-order valence-electron chi connectivity index (χ2n) is 11.3. The fraction of sp³-hybridized carbons (Fsp3) is 0. The molecule has 0 fully saturated rings. The third-order valence-electron chi connectivity index (χ3n) is 8.56. The van der Waals surface area contributed by atoms with Crippen LogP contribution in [0, 0.1) is 0 Å². The molecule has 0 atom stereocenters. The third kappa shape index (κ3) is 4.22. The van der Waals surface area contributed by atoms with Crippen molar-refractivity contribution >= 4 is 75.8 Å². The van der Waals surface area contributed by atoms with Gasteiger partial charge in [0.25, 0.3) is 0 Å². The van der Waals surface area contributed by atoms with Crippen molar-refractivity contribution in [3.63, 3.8) is 0 Å². The summed E-state index contributed by atoms with van der Waals surface area (Å²) in [6.45, 7) is 0. The van der Waals surface area contributed by atoms with Crippen LogP contribution in [0.3, 0.4) is 0 Å². The topological polar surface area (TPSA) is 13.1 Å². The summed E-state index contributed by atoms with van der Waals surface area (Å²) in [5.74, 6) is 0. The maximum atomic E-state index is 10.1. The Kier molecular flexibility index (Phi) is 2.50. The van der Waals surface area contributed by atoms with E-state index in [-0.39, 0.29) is 0 Å². The number of rotatable bonds is 3. The first-order valence-electron chi connectivity index (χ1n) is 30.2. The van der Waals surface area contributed by atoms with Crippen molar-refractivity contribution in [2.24, 2.45) is 0 Å². The van der Waals surface area contributed by atoms with Gasteiger partial charge in [0, 0.05) is 16.2 Å². The predicted molar refractivity (Wildman–Crippen MR) is 218 cm³/mol. The molecule has 0 saturated heterocycles. The number of hydrogen-bond donors (Lipinski definition) is 0. The Bertz CT molecular complexity index is 4850. The van der Waals surface area contributed by atoms with Crippen LogP contribution in [-0.4, -0.2) is 0 Å². The van der Waals surface area contributed by atoms with E-state index in [1.165, 1.54) is 0 Å². The van der Waals surface area contributed by atoms with E-state index in [4.69, 9.17) is 29.1 Å². The van der Waals surface area contributed by atoms with Crippen molar-refractivity contribution in [1.82, 2.24) is 0 Å². The molecular formula is C50H30O. The van der Waals surface area contributed by atoms with Gasteiger partial charge in [0.15, 0.2) is 0 Å². The van der Waals surface area contributed by atoms with Crippen molar-refractivity contribution in [1.29, 1.82) is 0 Å². The van der Waals surface area contributed by atoms with Gasteiger partial charge in [0.1, 0.15) is 11.2 Å². The molecule has 0 aliphatic heterocycles. The zero-order chi connectivity index (χ0) is 59.6. The highest BCUT2D eigenvalue weighted by molar-refractivity contribution is 6.23. The number of fused-ring (bicyclic) bond motifs is 10. The van der Waals surface area contributed by atoms with Crippen LogP contribution < -0.4 is 0 Å². The van der Waals surface area contributed by atoms with Gasteiger partial charge in [-0.15, -0.1) is 0 Å². The zero-order valence-electron chi connectivity index (χ0n) is 55.4. The zero-order valence-corrected chi connectivity index (χ0v) is 25.4. The molecule has 1 heteroatoms. The Morgan fingerprint density at radius 1 is 0.314 bits per heavy atom. The molecule has 1 heterocycles. The Labute approximate surface area is 336 Å². The second-order valence-corrected chi connectivity index (χ2v) is 11.3. The van der Waals surface area contributed by atoms with Gasteiger partial charge in [0.2, 0.25) is 0 Å². The normalized spacial score (nSPS) is 20.2. The van der Waals surface area contributed by atoms with Crippen LogP contribution in [0.25, 0.3) is 109 Å². The molecule has 0 aliphatic rings. The lowest BCUT2D eigenvalue weighted by molar-refractivity contribution is 0.672. The molecule has 0 N–H and O–H groups in total. The van der Waals surface area contributed by atoms with Crippen LogP contribution >= 0.6 is 0 Å². The molecule has 0 radical (unpaired) electrons. The maximum absolute atomic E-state index is 10.1. The number of furan rings is 1. The summed E-state index contributed by atoms with van der Waals surface area (Å²) in [6, 6.07) is -28.4. The summed E-state index contributed by atoms with van der Waals surface area (Å²) in [4.78, 5) is 0. The molecule has 0 amide bonds. The lowest BCUT2D eigenvalue weighted by atomic mass is 9.85. The van der Waals surface area contributed by atoms with Crippen molar-refractivity contribution in [3.05, 3.63) is 181 Å². The van der Waals surface area contributed by atoms with E-state index in [0.29, 0.717) is 0 Å². The van der Waals surface area contributed by atoms with Gasteiger partial charge in [-0.3, -0.25) is 0 Å². The summed E-state index contributed by atoms with van der Waals surface area (Å²) >= 11 is 0. The predicted octanol–water partition coefficient (Wildman–Crippen LogP) is 14.4.